The molecule has 0 fully saturated rings. The Hall–Kier alpha value is -4.04. The number of carbonyl (C=O) groups excluding carboxylic acids is 1. The number of pyridine rings is 1. The van der Waals surface area contributed by atoms with Crippen LogP contribution in [0, 0.1) is 0 Å². The second kappa shape index (κ2) is 7.90. The first kappa shape index (κ1) is 19.9. The molecule has 32 heavy (non-hydrogen) atoms. The van der Waals surface area contributed by atoms with Crippen LogP contribution in [0.2, 0.25) is 0 Å². The molecule has 0 saturated carbocycles. The van der Waals surface area contributed by atoms with Crippen molar-refractivity contribution in [3.8, 4) is 0 Å². The number of nitrogens with one attached hydrogen (secondary N) is 1. The zero-order valence-electron chi connectivity index (χ0n) is 16.8. The van der Waals surface area contributed by atoms with Crippen molar-refractivity contribution in [1.29, 1.82) is 0 Å². The molecule has 4 aromatic rings. The van der Waals surface area contributed by atoms with Gasteiger partial charge >= 0.3 is 0 Å². The molecule has 0 saturated heterocycles. The van der Waals surface area contributed by atoms with Gasteiger partial charge in [-0.2, -0.15) is 5.10 Å². The standard InChI is InChI=1S/C24H18N4O3S/c29-24(27-26-15-17-11-13-25-14-12-17)20-9-7-18(8-10-20)16-28-21-5-1-3-19-4-2-6-22(23(19)21)32(28,30)31/h1-15H,16H2,(H,27,29)/b26-15+. The molecule has 0 radical (unpaired) electrons. The molecule has 1 aliphatic heterocycles. The highest BCUT2D eigenvalue weighted by Crippen LogP contribution is 2.42. The maximum Gasteiger partial charge on any atom is 0.271 e. The van der Waals surface area contributed by atoms with Gasteiger partial charge in [0.15, 0.2) is 0 Å². The lowest BCUT2D eigenvalue weighted by molar-refractivity contribution is 0.0955. The number of benzene rings is 3. The fourth-order valence-corrected chi connectivity index (χ4v) is 5.43. The number of sulfonamides is 1. The fourth-order valence-electron chi connectivity index (χ4n) is 3.74. The molecule has 0 unspecified atom stereocenters. The van der Waals surface area contributed by atoms with Crippen molar-refractivity contribution in [1.82, 2.24) is 10.4 Å². The van der Waals surface area contributed by atoms with E-state index in [0.717, 1.165) is 21.9 Å². The normalized spacial score (nSPS) is 14.2. The zero-order chi connectivity index (χ0) is 22.1. The second-order valence-electron chi connectivity index (χ2n) is 7.32. The molecule has 1 N–H and O–H groups in total. The Labute approximate surface area is 185 Å². The van der Waals surface area contributed by atoms with Crippen molar-refractivity contribution in [3.63, 3.8) is 0 Å². The average Bonchev–Trinajstić information content (AvgIpc) is 3.03. The molecule has 8 heteroatoms. The summed E-state index contributed by atoms with van der Waals surface area (Å²) in [5.41, 5.74) is 5.17. The van der Waals surface area contributed by atoms with E-state index in [1.807, 2.05) is 24.3 Å². The summed E-state index contributed by atoms with van der Waals surface area (Å²) in [7, 11) is -3.63. The first-order valence-electron chi connectivity index (χ1n) is 9.91. The summed E-state index contributed by atoms with van der Waals surface area (Å²) in [5, 5.41) is 5.59. The topological polar surface area (TPSA) is 91.7 Å². The third-order valence-electron chi connectivity index (χ3n) is 5.31. The highest BCUT2D eigenvalue weighted by atomic mass is 32.2. The van der Waals surface area contributed by atoms with Gasteiger partial charge in [0.05, 0.1) is 23.3 Å². The molecular formula is C24H18N4O3S. The molecule has 1 amide bonds. The lowest BCUT2D eigenvalue weighted by Gasteiger charge is -2.19. The van der Waals surface area contributed by atoms with Gasteiger partial charge in [-0.15, -0.1) is 0 Å². The Kier molecular flexibility index (Phi) is 4.91. The monoisotopic (exact) mass is 442 g/mol. The minimum absolute atomic E-state index is 0.179. The molecule has 1 aliphatic rings. The molecule has 0 atom stereocenters. The third kappa shape index (κ3) is 3.50. The summed E-state index contributed by atoms with van der Waals surface area (Å²) in [4.78, 5) is 16.6. The van der Waals surface area contributed by atoms with Gasteiger partial charge in [-0.1, -0.05) is 36.4 Å². The number of amides is 1. The van der Waals surface area contributed by atoms with Crippen LogP contribution >= 0.6 is 0 Å². The van der Waals surface area contributed by atoms with E-state index in [4.69, 9.17) is 0 Å². The Bertz CT molecular complexity index is 1440. The van der Waals surface area contributed by atoms with E-state index >= 15 is 0 Å². The summed E-state index contributed by atoms with van der Waals surface area (Å²) in [6.45, 7) is 0.179. The summed E-state index contributed by atoms with van der Waals surface area (Å²) in [6, 6.07) is 21.2. The van der Waals surface area contributed by atoms with Crippen molar-refractivity contribution in [2.75, 3.05) is 4.31 Å². The van der Waals surface area contributed by atoms with Crippen LogP contribution in [0.4, 0.5) is 5.69 Å². The van der Waals surface area contributed by atoms with Crippen LogP contribution in [0.3, 0.4) is 0 Å². The lowest BCUT2D eigenvalue weighted by atomic mass is 10.1. The predicted molar refractivity (Wildman–Crippen MR) is 123 cm³/mol. The first-order valence-corrected chi connectivity index (χ1v) is 11.3. The molecular weight excluding hydrogens is 424 g/mol. The van der Waals surface area contributed by atoms with Crippen LogP contribution in [0.25, 0.3) is 10.8 Å². The summed E-state index contributed by atoms with van der Waals surface area (Å²) in [6.07, 6.45) is 4.81. The first-order chi connectivity index (χ1) is 15.5. The fraction of sp³-hybridized carbons (Fsp3) is 0.0417. The van der Waals surface area contributed by atoms with Gasteiger partial charge in [0, 0.05) is 23.3 Å². The molecule has 158 valence electrons. The Balaban J connectivity index is 1.33. The van der Waals surface area contributed by atoms with Crippen LogP contribution in [0.5, 0.6) is 0 Å². The van der Waals surface area contributed by atoms with Gasteiger partial charge in [0.2, 0.25) is 0 Å². The Morgan fingerprint density at radius 3 is 2.44 bits per heavy atom. The second-order valence-corrected chi connectivity index (χ2v) is 9.15. The van der Waals surface area contributed by atoms with E-state index in [0.29, 0.717) is 16.1 Å². The smallest absolute Gasteiger partial charge is 0.267 e. The zero-order valence-corrected chi connectivity index (χ0v) is 17.7. The molecule has 0 aliphatic carbocycles. The minimum atomic E-state index is -3.63. The van der Waals surface area contributed by atoms with E-state index < -0.39 is 10.0 Å². The van der Waals surface area contributed by atoms with Crippen LogP contribution in [0.1, 0.15) is 21.5 Å². The maximum absolute atomic E-state index is 13.1. The van der Waals surface area contributed by atoms with Gasteiger partial charge in [0.1, 0.15) is 0 Å². The van der Waals surface area contributed by atoms with Gasteiger partial charge in [0.25, 0.3) is 15.9 Å². The van der Waals surface area contributed by atoms with Crippen molar-refractivity contribution in [2.45, 2.75) is 11.4 Å². The van der Waals surface area contributed by atoms with Crippen molar-refractivity contribution < 1.29 is 13.2 Å². The van der Waals surface area contributed by atoms with Crippen molar-refractivity contribution in [3.05, 3.63) is 102 Å². The minimum Gasteiger partial charge on any atom is -0.267 e. The number of anilines is 1. The molecule has 0 bridgehead atoms. The highest BCUT2D eigenvalue weighted by Gasteiger charge is 2.35. The van der Waals surface area contributed by atoms with E-state index in [1.54, 1.807) is 60.9 Å². The SMILES string of the molecule is O=C(N/N=C/c1ccncc1)c1ccc(CN2c3cccc4cccc(c34)S2(=O)=O)cc1. The number of hydrazone groups is 1. The molecule has 5 rings (SSSR count). The number of aromatic nitrogens is 1. The quantitative estimate of drug-likeness (QED) is 0.377. The van der Waals surface area contributed by atoms with E-state index in [1.165, 1.54) is 10.5 Å². The predicted octanol–water partition coefficient (Wildman–Crippen LogP) is 3.71. The Morgan fingerprint density at radius 2 is 1.69 bits per heavy atom. The summed E-state index contributed by atoms with van der Waals surface area (Å²) in [5.74, 6) is -0.354. The number of carbonyl (C=O) groups is 1. The average molecular weight is 443 g/mol. The van der Waals surface area contributed by atoms with E-state index in [9.17, 15) is 13.2 Å². The molecule has 7 nitrogen and oxygen atoms in total. The number of rotatable bonds is 5. The number of hydrogen-bond donors (Lipinski definition) is 1. The lowest BCUT2D eigenvalue weighted by Crippen LogP contribution is -2.26. The van der Waals surface area contributed by atoms with Crippen LogP contribution in [-0.4, -0.2) is 25.5 Å². The highest BCUT2D eigenvalue weighted by molar-refractivity contribution is 7.93. The largest absolute Gasteiger partial charge is 0.271 e. The number of hydrogen-bond acceptors (Lipinski definition) is 5. The molecule has 0 spiro atoms. The van der Waals surface area contributed by atoms with Gasteiger partial charge in [-0.05, 0) is 52.9 Å². The van der Waals surface area contributed by atoms with Crippen LogP contribution in [0.15, 0.2) is 95.2 Å². The molecule has 3 aromatic carbocycles. The van der Waals surface area contributed by atoms with E-state index in [-0.39, 0.29) is 12.5 Å². The van der Waals surface area contributed by atoms with Gasteiger partial charge in [-0.25, -0.2) is 13.8 Å². The van der Waals surface area contributed by atoms with Crippen LogP contribution in [-0.2, 0) is 16.6 Å². The van der Waals surface area contributed by atoms with Crippen molar-refractivity contribution in [2.24, 2.45) is 5.10 Å². The molecule has 2 heterocycles. The number of nitrogens with zero attached hydrogens (tertiary/aromatic N) is 3. The van der Waals surface area contributed by atoms with Crippen LogP contribution < -0.4 is 9.73 Å². The van der Waals surface area contributed by atoms with Gasteiger partial charge < -0.3 is 0 Å². The van der Waals surface area contributed by atoms with Crippen molar-refractivity contribution >= 4 is 38.6 Å². The molecule has 1 aromatic heterocycles. The van der Waals surface area contributed by atoms with E-state index in [2.05, 4.69) is 15.5 Å². The third-order valence-corrected chi connectivity index (χ3v) is 7.11. The summed E-state index contributed by atoms with van der Waals surface area (Å²) >= 11 is 0. The summed E-state index contributed by atoms with van der Waals surface area (Å²) < 4.78 is 27.7. The maximum atomic E-state index is 13.1. The Morgan fingerprint density at radius 1 is 0.969 bits per heavy atom. The van der Waals surface area contributed by atoms with Gasteiger partial charge in [-0.3, -0.25) is 14.1 Å².